The van der Waals surface area contributed by atoms with Crippen LogP contribution < -0.4 is 5.19 Å². The van der Waals surface area contributed by atoms with Crippen LogP contribution in [0.15, 0.2) is 30.3 Å². The largest absolute Gasteiger partial charge is 0.137 e. The Labute approximate surface area is 70.5 Å². The molecule has 0 aliphatic carbocycles. The molecule has 0 aliphatic rings. The molecule has 1 rings (SSSR count). The Morgan fingerprint density at radius 2 is 2.00 bits per heavy atom. The van der Waals surface area contributed by atoms with E-state index in [2.05, 4.69) is 42.7 Å². The molecule has 1 aromatic carbocycles. The summed E-state index contributed by atoms with van der Waals surface area (Å²) in [6, 6.07) is 10.5. The van der Waals surface area contributed by atoms with Crippen LogP contribution in [0.25, 0.3) is 0 Å². The molecule has 0 nitrogen and oxygen atoms in total. The molecule has 1 aromatic rings. The summed E-state index contributed by atoms with van der Waals surface area (Å²) in [6.45, 7) is 2.09. The van der Waals surface area contributed by atoms with Crippen LogP contribution in [0.3, 0.4) is 0 Å². The Morgan fingerprint density at radius 3 is 2.64 bits per heavy atom. The van der Waals surface area contributed by atoms with Gasteiger partial charge in [-0.15, -0.1) is 11.5 Å². The van der Waals surface area contributed by atoms with Gasteiger partial charge in [0.25, 0.3) is 0 Å². The summed E-state index contributed by atoms with van der Waals surface area (Å²) in [6.07, 6.45) is 0.986. The van der Waals surface area contributed by atoms with Gasteiger partial charge in [0, 0.05) is 6.42 Å². The Hall–Kier alpha value is -1.00. The van der Waals surface area contributed by atoms with Crippen LogP contribution in [-0.4, -0.2) is 9.52 Å². The van der Waals surface area contributed by atoms with Crippen molar-refractivity contribution in [2.24, 2.45) is 0 Å². The van der Waals surface area contributed by atoms with Crippen molar-refractivity contribution in [2.75, 3.05) is 0 Å². The molecule has 0 heterocycles. The number of rotatable bonds is 1. The van der Waals surface area contributed by atoms with Gasteiger partial charge in [0.1, 0.15) is 9.52 Å². The first kappa shape index (κ1) is 8.10. The van der Waals surface area contributed by atoms with E-state index in [1.54, 1.807) is 0 Å². The Bertz CT molecular complexity index is 253. The molecule has 11 heavy (non-hydrogen) atoms. The van der Waals surface area contributed by atoms with Gasteiger partial charge < -0.3 is 0 Å². The summed E-state index contributed by atoms with van der Waals surface area (Å²) in [5.41, 5.74) is 3.24. The molecule has 0 unspecified atom stereocenters. The quantitative estimate of drug-likeness (QED) is 0.422. The lowest BCUT2D eigenvalue weighted by Crippen LogP contribution is -2.10. The third-order valence-electron chi connectivity index (χ3n) is 1.44. The van der Waals surface area contributed by atoms with Crippen molar-refractivity contribution in [3.8, 4) is 11.5 Å². The van der Waals surface area contributed by atoms with Crippen molar-refractivity contribution in [1.29, 1.82) is 0 Å². The highest BCUT2D eigenvalue weighted by Crippen LogP contribution is 1.80. The third kappa shape index (κ3) is 3.06. The maximum atomic E-state index is 3.24. The van der Waals surface area contributed by atoms with E-state index in [4.69, 9.17) is 0 Å². The molecule has 0 saturated heterocycles. The fourth-order valence-electron chi connectivity index (χ4n) is 0.885. The predicted molar refractivity (Wildman–Crippen MR) is 52.7 cm³/mol. The van der Waals surface area contributed by atoms with Crippen molar-refractivity contribution < 1.29 is 0 Å². The van der Waals surface area contributed by atoms with Crippen molar-refractivity contribution in [1.82, 2.24) is 0 Å². The van der Waals surface area contributed by atoms with Gasteiger partial charge in [0.15, 0.2) is 0 Å². The molecule has 0 fully saturated rings. The molecule has 0 radical (unpaired) electrons. The smallest absolute Gasteiger partial charge is 0.134 e. The van der Waals surface area contributed by atoms with E-state index in [-0.39, 0.29) is 9.52 Å². The van der Waals surface area contributed by atoms with Gasteiger partial charge in [-0.05, 0) is 0 Å². The van der Waals surface area contributed by atoms with Crippen molar-refractivity contribution in [2.45, 2.75) is 13.3 Å². The second kappa shape index (κ2) is 4.76. The first-order chi connectivity index (χ1) is 5.43. The minimum absolute atomic E-state index is 0.284. The molecule has 56 valence electrons. The van der Waals surface area contributed by atoms with Crippen LogP contribution in [-0.2, 0) is 0 Å². The van der Waals surface area contributed by atoms with E-state index in [1.807, 2.05) is 6.07 Å². The summed E-state index contributed by atoms with van der Waals surface area (Å²) in [5.74, 6) is 3.11. The molecule has 0 N–H and O–H groups in total. The second-order valence-corrected chi connectivity index (χ2v) is 3.89. The third-order valence-corrected chi connectivity index (χ3v) is 2.74. The SMILES string of the molecule is CCC#C[SiH2]c1ccccc1. The van der Waals surface area contributed by atoms with E-state index in [9.17, 15) is 0 Å². The van der Waals surface area contributed by atoms with Gasteiger partial charge in [-0.3, -0.25) is 0 Å². The molecule has 0 spiro atoms. The molecule has 1 heteroatoms. The lowest BCUT2D eigenvalue weighted by Gasteiger charge is -1.89. The van der Waals surface area contributed by atoms with Gasteiger partial charge in [-0.1, -0.05) is 42.4 Å². The van der Waals surface area contributed by atoms with Gasteiger partial charge in [0.05, 0.1) is 0 Å². The van der Waals surface area contributed by atoms with Crippen molar-refractivity contribution >= 4 is 14.7 Å². The maximum Gasteiger partial charge on any atom is 0.137 e. The highest BCUT2D eigenvalue weighted by Gasteiger charge is 1.84. The molecular weight excluding hydrogens is 148 g/mol. The predicted octanol–water partition coefficient (Wildman–Crippen LogP) is 0.852. The fourth-order valence-corrected chi connectivity index (χ4v) is 1.97. The van der Waals surface area contributed by atoms with E-state index in [0.29, 0.717) is 0 Å². The highest BCUT2D eigenvalue weighted by atomic mass is 28.2. The van der Waals surface area contributed by atoms with Gasteiger partial charge >= 0.3 is 0 Å². The monoisotopic (exact) mass is 160 g/mol. The van der Waals surface area contributed by atoms with Crippen LogP contribution in [0.2, 0.25) is 0 Å². The van der Waals surface area contributed by atoms with Gasteiger partial charge in [0.2, 0.25) is 0 Å². The van der Waals surface area contributed by atoms with E-state index < -0.39 is 0 Å². The van der Waals surface area contributed by atoms with Crippen LogP contribution in [0.5, 0.6) is 0 Å². The average Bonchev–Trinajstić information content (AvgIpc) is 2.07. The lowest BCUT2D eigenvalue weighted by molar-refractivity contribution is 1.28. The Morgan fingerprint density at radius 1 is 1.27 bits per heavy atom. The van der Waals surface area contributed by atoms with E-state index in [1.165, 1.54) is 5.19 Å². The Kier molecular flexibility index (Phi) is 3.50. The molecule has 0 aromatic heterocycles. The van der Waals surface area contributed by atoms with Gasteiger partial charge in [-0.25, -0.2) is 0 Å². The molecule has 0 amide bonds. The standard InChI is InChI=1S/C10H12Si/c1-2-3-9-11-10-7-5-4-6-8-10/h4-8H,2,11H2,1H3. The Balaban J connectivity index is 2.52. The number of benzene rings is 1. The molecule has 0 atom stereocenters. The zero-order valence-electron chi connectivity index (χ0n) is 6.80. The van der Waals surface area contributed by atoms with Crippen molar-refractivity contribution in [3.63, 3.8) is 0 Å². The lowest BCUT2D eigenvalue weighted by atomic mass is 10.4. The molecule has 0 bridgehead atoms. The fraction of sp³-hybridized carbons (Fsp3) is 0.200. The molecule has 0 saturated carbocycles. The molecular formula is C10H12Si. The van der Waals surface area contributed by atoms with E-state index >= 15 is 0 Å². The zero-order chi connectivity index (χ0) is 7.94. The van der Waals surface area contributed by atoms with Crippen LogP contribution in [0, 0.1) is 11.5 Å². The summed E-state index contributed by atoms with van der Waals surface area (Å²) < 4.78 is 0. The maximum absolute atomic E-state index is 3.24. The van der Waals surface area contributed by atoms with Crippen LogP contribution in [0.4, 0.5) is 0 Å². The van der Waals surface area contributed by atoms with E-state index in [0.717, 1.165) is 6.42 Å². The van der Waals surface area contributed by atoms with Crippen molar-refractivity contribution in [3.05, 3.63) is 30.3 Å². The summed E-state index contributed by atoms with van der Waals surface area (Å²) >= 11 is 0. The number of hydrogen-bond donors (Lipinski definition) is 0. The first-order valence-corrected chi connectivity index (χ1v) is 5.34. The second-order valence-electron chi connectivity index (χ2n) is 2.37. The normalized spacial score (nSPS) is 9.55. The average molecular weight is 160 g/mol. The van der Waals surface area contributed by atoms with Crippen LogP contribution in [0.1, 0.15) is 13.3 Å². The number of hydrogen-bond acceptors (Lipinski definition) is 0. The minimum Gasteiger partial charge on any atom is -0.134 e. The molecule has 0 aliphatic heterocycles. The summed E-state index contributed by atoms with van der Waals surface area (Å²) in [7, 11) is -0.284. The van der Waals surface area contributed by atoms with Crippen LogP contribution >= 0.6 is 0 Å². The first-order valence-electron chi connectivity index (χ1n) is 3.93. The minimum atomic E-state index is -0.284. The highest BCUT2D eigenvalue weighted by molar-refractivity contribution is 6.61. The van der Waals surface area contributed by atoms with Gasteiger partial charge in [-0.2, -0.15) is 0 Å². The zero-order valence-corrected chi connectivity index (χ0v) is 8.22. The summed E-state index contributed by atoms with van der Waals surface area (Å²) in [5, 5.41) is 1.44. The topological polar surface area (TPSA) is 0 Å². The summed E-state index contributed by atoms with van der Waals surface area (Å²) in [4.78, 5) is 0.